The molecule has 0 spiro atoms. The van der Waals surface area contributed by atoms with E-state index in [1.54, 1.807) is 43.3 Å². The zero-order valence-electron chi connectivity index (χ0n) is 17.3. The summed E-state index contributed by atoms with van der Waals surface area (Å²) in [6.45, 7) is 5.19. The molecule has 1 aliphatic heterocycles. The lowest BCUT2D eigenvalue weighted by atomic mass is 10.0. The van der Waals surface area contributed by atoms with Crippen LogP contribution in [0.15, 0.2) is 59.5 Å². The Hall–Kier alpha value is -2.26. The molecule has 0 amide bonds. The maximum atomic E-state index is 12.9. The topological polar surface area (TPSA) is 88.3 Å². The minimum absolute atomic E-state index is 0.220. The van der Waals surface area contributed by atoms with Crippen molar-refractivity contribution in [3.8, 4) is 0 Å². The molecule has 1 fully saturated rings. The van der Waals surface area contributed by atoms with Crippen molar-refractivity contribution < 1.29 is 28.0 Å². The molecule has 2 aromatic carbocycles. The highest BCUT2D eigenvalue weighted by molar-refractivity contribution is 7.89. The van der Waals surface area contributed by atoms with Crippen molar-refractivity contribution in [2.75, 3.05) is 32.8 Å². The highest BCUT2D eigenvalue weighted by Crippen LogP contribution is 2.18. The molecule has 0 aromatic heterocycles. The lowest BCUT2D eigenvalue weighted by Gasteiger charge is -2.36. The minimum Gasteiger partial charge on any atom is -0.462 e. The fourth-order valence-corrected chi connectivity index (χ4v) is 5.22. The number of hydrogen-bond donors (Lipinski definition) is 2. The summed E-state index contributed by atoms with van der Waals surface area (Å²) in [6, 6.07) is 15.0. The van der Waals surface area contributed by atoms with Gasteiger partial charge in [0.1, 0.15) is 6.10 Å². The van der Waals surface area contributed by atoms with Crippen molar-refractivity contribution in [1.29, 1.82) is 0 Å². The van der Waals surface area contributed by atoms with Crippen LogP contribution in [0, 0.1) is 6.92 Å². The number of nitrogens with one attached hydrogen (secondary N) is 1. The molecule has 0 aliphatic carbocycles. The van der Waals surface area contributed by atoms with Crippen LogP contribution in [-0.4, -0.2) is 62.6 Å². The van der Waals surface area contributed by atoms with Gasteiger partial charge in [0, 0.05) is 0 Å². The van der Waals surface area contributed by atoms with Gasteiger partial charge in [-0.25, -0.2) is 13.2 Å². The van der Waals surface area contributed by atoms with Crippen LogP contribution in [0.5, 0.6) is 0 Å². The lowest BCUT2D eigenvalue weighted by molar-refractivity contribution is -0.924. The van der Waals surface area contributed by atoms with Gasteiger partial charge in [-0.1, -0.05) is 48.0 Å². The average molecular weight is 434 g/mol. The molecular formula is C22H29N2O5S+. The first kappa shape index (κ1) is 22.4. The first-order valence-electron chi connectivity index (χ1n) is 10.2. The Kier molecular flexibility index (Phi) is 7.25. The molecule has 1 heterocycles. The van der Waals surface area contributed by atoms with Gasteiger partial charge < -0.3 is 14.7 Å². The normalized spacial score (nSPS) is 18.0. The van der Waals surface area contributed by atoms with Gasteiger partial charge in [-0.15, -0.1) is 0 Å². The van der Waals surface area contributed by atoms with Crippen molar-refractivity contribution in [2.24, 2.45) is 0 Å². The molecular weight excluding hydrogens is 404 g/mol. The van der Waals surface area contributed by atoms with Gasteiger partial charge in [-0.2, -0.15) is 4.31 Å². The third kappa shape index (κ3) is 4.89. The summed E-state index contributed by atoms with van der Waals surface area (Å²) >= 11 is 0. The van der Waals surface area contributed by atoms with Crippen molar-refractivity contribution in [3.63, 3.8) is 0 Å². The van der Waals surface area contributed by atoms with Gasteiger partial charge in [0.2, 0.25) is 16.1 Å². The molecule has 1 saturated heterocycles. The molecule has 162 valence electrons. The SMILES string of the molecule is CCOC(=O)[C@H]([C@H](O)c1ccccc1)[NH+]1CCN(S(=O)(=O)c2ccc(C)cc2)CC1. The van der Waals surface area contributed by atoms with Crippen molar-refractivity contribution in [1.82, 2.24) is 4.31 Å². The van der Waals surface area contributed by atoms with Crippen LogP contribution < -0.4 is 4.90 Å². The van der Waals surface area contributed by atoms with Gasteiger partial charge in [-0.3, -0.25) is 0 Å². The number of sulfonamides is 1. The summed E-state index contributed by atoms with van der Waals surface area (Å²) < 4.78 is 32.6. The summed E-state index contributed by atoms with van der Waals surface area (Å²) in [4.78, 5) is 13.7. The van der Waals surface area contributed by atoms with Crippen molar-refractivity contribution in [2.45, 2.75) is 30.9 Å². The van der Waals surface area contributed by atoms with Crippen LogP contribution >= 0.6 is 0 Å². The molecule has 2 aromatic rings. The van der Waals surface area contributed by atoms with E-state index in [1.165, 1.54) is 4.31 Å². The molecule has 3 rings (SSSR count). The highest BCUT2D eigenvalue weighted by atomic mass is 32.2. The molecule has 8 heteroatoms. The summed E-state index contributed by atoms with van der Waals surface area (Å²) in [6.07, 6.45) is -1.03. The zero-order valence-corrected chi connectivity index (χ0v) is 18.1. The summed E-state index contributed by atoms with van der Waals surface area (Å²) in [5.41, 5.74) is 1.63. The highest BCUT2D eigenvalue weighted by Gasteiger charge is 2.42. The first-order chi connectivity index (χ1) is 14.3. The third-order valence-electron chi connectivity index (χ3n) is 5.46. The quantitative estimate of drug-likeness (QED) is 0.623. The molecule has 2 atom stereocenters. The minimum atomic E-state index is -3.59. The number of piperazine rings is 1. The second-order valence-electron chi connectivity index (χ2n) is 7.46. The number of aryl methyl sites for hydroxylation is 1. The third-order valence-corrected chi connectivity index (χ3v) is 7.37. The Labute approximate surface area is 177 Å². The molecule has 0 saturated carbocycles. The molecule has 0 radical (unpaired) electrons. The number of carbonyl (C=O) groups is 1. The molecule has 2 N–H and O–H groups in total. The predicted octanol–water partition coefficient (Wildman–Crippen LogP) is 0.550. The number of aliphatic hydroxyl groups is 1. The zero-order chi connectivity index (χ0) is 21.7. The lowest BCUT2D eigenvalue weighted by Crippen LogP contribution is -3.19. The Balaban J connectivity index is 1.75. The number of ether oxygens (including phenoxy) is 1. The number of carbonyl (C=O) groups excluding carboxylic acids is 1. The standard InChI is InChI=1S/C22H28N2O5S/c1-3-29-22(26)20(21(25)18-7-5-4-6-8-18)23-13-15-24(16-14-23)30(27,28)19-11-9-17(2)10-12-19/h4-12,20-21,25H,3,13-16H2,1-2H3/p+1/t20-,21+/m0/s1. The van der Waals surface area contributed by atoms with Crippen LogP contribution in [0.25, 0.3) is 0 Å². The van der Waals surface area contributed by atoms with E-state index in [1.807, 2.05) is 25.1 Å². The average Bonchev–Trinajstić information content (AvgIpc) is 2.75. The van der Waals surface area contributed by atoms with Gasteiger partial charge in [0.25, 0.3) is 0 Å². The Morgan fingerprint density at radius 3 is 2.27 bits per heavy atom. The summed E-state index contributed by atoms with van der Waals surface area (Å²) in [5, 5.41) is 10.9. The Morgan fingerprint density at radius 2 is 1.70 bits per heavy atom. The van der Waals surface area contributed by atoms with Crippen LogP contribution in [0.2, 0.25) is 0 Å². The second-order valence-corrected chi connectivity index (χ2v) is 9.40. The van der Waals surface area contributed by atoms with Gasteiger partial charge in [-0.05, 0) is 31.5 Å². The monoisotopic (exact) mass is 433 g/mol. The fourth-order valence-electron chi connectivity index (χ4n) is 3.78. The van der Waals surface area contributed by atoms with Gasteiger partial charge >= 0.3 is 5.97 Å². The maximum absolute atomic E-state index is 12.9. The molecule has 7 nitrogen and oxygen atoms in total. The number of aliphatic hydroxyl groups excluding tert-OH is 1. The van der Waals surface area contributed by atoms with E-state index in [9.17, 15) is 18.3 Å². The van der Waals surface area contributed by atoms with Crippen LogP contribution in [0.3, 0.4) is 0 Å². The fraction of sp³-hybridized carbons (Fsp3) is 0.409. The molecule has 0 unspecified atom stereocenters. The van der Waals surface area contributed by atoms with Crippen molar-refractivity contribution >= 4 is 16.0 Å². The van der Waals surface area contributed by atoms with E-state index < -0.39 is 28.1 Å². The van der Waals surface area contributed by atoms with Crippen LogP contribution in [0.1, 0.15) is 24.2 Å². The molecule has 1 aliphatic rings. The second kappa shape index (κ2) is 9.70. The largest absolute Gasteiger partial charge is 0.462 e. The molecule has 0 bridgehead atoms. The van der Waals surface area contributed by atoms with E-state index >= 15 is 0 Å². The van der Waals surface area contributed by atoms with E-state index in [0.29, 0.717) is 18.7 Å². The van der Waals surface area contributed by atoms with Gasteiger partial charge in [0.15, 0.2) is 0 Å². The number of esters is 1. The number of hydrogen-bond acceptors (Lipinski definition) is 5. The first-order valence-corrected chi connectivity index (χ1v) is 11.6. The van der Waals surface area contributed by atoms with E-state index in [-0.39, 0.29) is 24.6 Å². The Morgan fingerprint density at radius 1 is 1.10 bits per heavy atom. The number of nitrogens with zero attached hydrogens (tertiary/aromatic N) is 1. The maximum Gasteiger partial charge on any atom is 0.368 e. The smallest absolute Gasteiger partial charge is 0.368 e. The van der Waals surface area contributed by atoms with E-state index in [0.717, 1.165) is 10.5 Å². The summed E-state index contributed by atoms with van der Waals surface area (Å²) in [5.74, 6) is -0.473. The van der Waals surface area contributed by atoms with Crippen molar-refractivity contribution in [3.05, 3.63) is 65.7 Å². The van der Waals surface area contributed by atoms with Crippen LogP contribution in [-0.2, 0) is 19.6 Å². The predicted molar refractivity (Wildman–Crippen MR) is 112 cm³/mol. The molecule has 30 heavy (non-hydrogen) atoms. The number of quaternary nitrogens is 1. The van der Waals surface area contributed by atoms with Crippen LogP contribution in [0.4, 0.5) is 0 Å². The number of benzene rings is 2. The van der Waals surface area contributed by atoms with Gasteiger partial charge in [0.05, 0.1) is 37.7 Å². The van der Waals surface area contributed by atoms with E-state index in [2.05, 4.69) is 0 Å². The summed E-state index contributed by atoms with van der Waals surface area (Å²) in [7, 11) is -3.59. The van der Waals surface area contributed by atoms with E-state index in [4.69, 9.17) is 4.74 Å². The Bertz CT molecular complexity index is 939. The number of rotatable bonds is 7.